The number of ether oxygens (including phenoxy) is 1. The number of nitrogens with zero attached hydrogens (tertiary/aromatic N) is 2. The molecule has 0 N–H and O–H groups in total. The topological polar surface area (TPSA) is 49.9 Å². The largest absolute Gasteiger partial charge is 0.379 e. The zero-order valence-corrected chi connectivity index (χ0v) is 13.2. The Morgan fingerprint density at radius 2 is 2.13 bits per heavy atom. The minimum Gasteiger partial charge on any atom is -0.379 e. The molecule has 1 atom stereocenters. The highest BCUT2D eigenvalue weighted by Crippen LogP contribution is 2.19. The lowest BCUT2D eigenvalue weighted by molar-refractivity contribution is -0.113. The first-order valence-corrected chi connectivity index (χ1v) is 7.41. The van der Waals surface area contributed by atoms with Crippen molar-refractivity contribution in [1.29, 1.82) is 0 Å². The molecular formula is C18H20N2O3. The van der Waals surface area contributed by atoms with Crippen LogP contribution in [0.2, 0.25) is 0 Å². The third kappa shape index (κ3) is 3.79. The summed E-state index contributed by atoms with van der Waals surface area (Å²) in [5.74, 6) is 2.20. The highest BCUT2D eigenvalue weighted by atomic mass is 16.5. The Morgan fingerprint density at radius 3 is 2.65 bits per heavy atom. The van der Waals surface area contributed by atoms with Crippen LogP contribution in [0.1, 0.15) is 16.8 Å². The molecule has 0 radical (unpaired) electrons. The first kappa shape index (κ1) is 16.8. The number of anilines is 1. The normalized spacial score (nSPS) is 16.4. The fourth-order valence-corrected chi connectivity index (χ4v) is 2.49. The number of carbonyl (C=O) groups excluding carboxylic acids is 2. The molecule has 23 heavy (non-hydrogen) atoms. The average molecular weight is 312 g/mol. The van der Waals surface area contributed by atoms with Crippen LogP contribution in [0.25, 0.3) is 0 Å². The molecule has 1 aliphatic rings. The zero-order valence-electron chi connectivity index (χ0n) is 13.2. The fourth-order valence-electron chi connectivity index (χ4n) is 2.49. The van der Waals surface area contributed by atoms with Crippen LogP contribution < -0.4 is 4.90 Å². The smallest absolute Gasteiger partial charge is 0.254 e. The van der Waals surface area contributed by atoms with Gasteiger partial charge in [0.05, 0.1) is 19.2 Å². The summed E-state index contributed by atoms with van der Waals surface area (Å²) in [6, 6.07) is 6.87. The summed E-state index contributed by atoms with van der Waals surface area (Å²) < 4.78 is 5.34. The Kier molecular flexibility index (Phi) is 5.56. The molecule has 1 aromatic carbocycles. The summed E-state index contributed by atoms with van der Waals surface area (Å²) in [5.41, 5.74) is 1.23. The van der Waals surface area contributed by atoms with Gasteiger partial charge in [0, 0.05) is 24.9 Å². The van der Waals surface area contributed by atoms with Crippen molar-refractivity contribution in [3.8, 4) is 12.3 Å². The van der Waals surface area contributed by atoms with Gasteiger partial charge in [-0.25, -0.2) is 0 Å². The lowest BCUT2D eigenvalue weighted by Crippen LogP contribution is -2.41. The quantitative estimate of drug-likeness (QED) is 0.614. The second-order valence-corrected chi connectivity index (χ2v) is 5.30. The van der Waals surface area contributed by atoms with E-state index in [1.807, 2.05) is 0 Å². The Hall–Kier alpha value is -2.58. The van der Waals surface area contributed by atoms with Gasteiger partial charge in [-0.15, -0.1) is 6.42 Å². The number of hydrogen-bond acceptors (Lipinski definition) is 3. The lowest BCUT2D eigenvalue weighted by atomic mass is 10.1. The van der Waals surface area contributed by atoms with Crippen LogP contribution in [0, 0.1) is 12.3 Å². The zero-order chi connectivity index (χ0) is 16.8. The maximum absolute atomic E-state index is 12.7. The second kappa shape index (κ2) is 7.61. The van der Waals surface area contributed by atoms with E-state index in [9.17, 15) is 9.59 Å². The summed E-state index contributed by atoms with van der Waals surface area (Å²) in [7, 11) is 1.65. The molecule has 1 unspecified atom stereocenters. The van der Waals surface area contributed by atoms with Gasteiger partial charge in [-0.3, -0.25) is 9.59 Å². The first-order valence-electron chi connectivity index (χ1n) is 7.41. The van der Waals surface area contributed by atoms with Gasteiger partial charge in [0.25, 0.3) is 5.91 Å². The number of terminal acetylenes is 1. The maximum Gasteiger partial charge on any atom is 0.254 e. The molecule has 1 aliphatic heterocycles. The molecule has 0 spiro atoms. The molecule has 5 nitrogen and oxygen atoms in total. The van der Waals surface area contributed by atoms with Crippen LogP contribution in [0.4, 0.5) is 5.69 Å². The number of hydrogen-bond donors (Lipinski definition) is 0. The average Bonchev–Trinajstić information content (AvgIpc) is 3.12. The number of likely N-dealkylation sites (N-methyl/N-ethyl adjacent to an activating group) is 1. The van der Waals surface area contributed by atoms with Gasteiger partial charge in [0.15, 0.2) is 0 Å². The van der Waals surface area contributed by atoms with Gasteiger partial charge in [-0.05, 0) is 36.8 Å². The van der Waals surface area contributed by atoms with Crippen LogP contribution in [-0.2, 0) is 9.53 Å². The molecule has 0 saturated carbocycles. The molecule has 120 valence electrons. The Morgan fingerprint density at radius 1 is 1.43 bits per heavy atom. The van der Waals surface area contributed by atoms with Crippen LogP contribution in [0.15, 0.2) is 36.9 Å². The number of amides is 2. The number of benzene rings is 1. The molecule has 0 aromatic heterocycles. The molecule has 0 bridgehead atoms. The van der Waals surface area contributed by atoms with Crippen molar-refractivity contribution in [1.82, 2.24) is 4.90 Å². The van der Waals surface area contributed by atoms with Gasteiger partial charge in [0.1, 0.15) is 0 Å². The molecule has 0 aliphatic carbocycles. The summed E-state index contributed by atoms with van der Waals surface area (Å²) in [6.45, 7) is 4.87. The van der Waals surface area contributed by atoms with E-state index < -0.39 is 0 Å². The summed E-state index contributed by atoms with van der Waals surface area (Å²) in [6.07, 6.45) is 7.42. The van der Waals surface area contributed by atoms with Crippen LogP contribution >= 0.6 is 0 Å². The Bertz CT molecular complexity index is 625. The summed E-state index contributed by atoms with van der Waals surface area (Å²) in [4.78, 5) is 27.4. The number of carbonyl (C=O) groups is 2. The summed E-state index contributed by atoms with van der Waals surface area (Å²) >= 11 is 0. The lowest BCUT2D eigenvalue weighted by Gasteiger charge is -2.26. The van der Waals surface area contributed by atoms with Crippen LogP contribution in [-0.4, -0.2) is 49.6 Å². The van der Waals surface area contributed by atoms with Crippen LogP contribution in [0.5, 0.6) is 0 Å². The fraction of sp³-hybridized carbons (Fsp3) is 0.333. The van der Waals surface area contributed by atoms with E-state index >= 15 is 0 Å². The third-order valence-electron chi connectivity index (χ3n) is 3.88. The van der Waals surface area contributed by atoms with E-state index in [4.69, 9.17) is 11.2 Å². The van der Waals surface area contributed by atoms with E-state index in [-0.39, 0.29) is 24.4 Å². The van der Waals surface area contributed by atoms with E-state index in [2.05, 4.69) is 12.5 Å². The van der Waals surface area contributed by atoms with Gasteiger partial charge in [-0.2, -0.15) is 0 Å². The van der Waals surface area contributed by atoms with Gasteiger partial charge < -0.3 is 14.5 Å². The van der Waals surface area contributed by atoms with E-state index in [0.29, 0.717) is 24.5 Å². The van der Waals surface area contributed by atoms with Crippen molar-refractivity contribution in [2.75, 3.05) is 31.7 Å². The third-order valence-corrected chi connectivity index (χ3v) is 3.88. The van der Waals surface area contributed by atoms with Crippen molar-refractivity contribution >= 4 is 17.5 Å². The molecule has 1 fully saturated rings. The number of rotatable bonds is 5. The first-order chi connectivity index (χ1) is 11.1. The molecule has 1 heterocycles. The van der Waals surface area contributed by atoms with Crippen molar-refractivity contribution in [3.05, 3.63) is 42.5 Å². The van der Waals surface area contributed by atoms with Gasteiger partial charge in [0.2, 0.25) is 5.91 Å². The molecule has 5 heteroatoms. The summed E-state index contributed by atoms with van der Waals surface area (Å²) in [5, 5.41) is 0. The standard InChI is InChI=1S/C18H20N2O3/c1-4-11-20(16-10-12-23-13-16)18(22)14-6-8-15(9-7-14)19(3)17(21)5-2/h1,5-9,16H,2,10-13H2,3H3. The van der Waals surface area contributed by atoms with E-state index in [1.165, 1.54) is 11.0 Å². The minimum atomic E-state index is -0.207. The van der Waals surface area contributed by atoms with Crippen molar-refractivity contribution < 1.29 is 14.3 Å². The molecule has 2 amide bonds. The SMILES string of the molecule is C#CCN(C(=O)c1ccc(N(C)C(=O)C=C)cc1)C1CCOC1. The Labute approximate surface area is 136 Å². The van der Waals surface area contributed by atoms with Crippen molar-refractivity contribution in [2.45, 2.75) is 12.5 Å². The predicted molar refractivity (Wildman–Crippen MR) is 89.1 cm³/mol. The maximum atomic E-state index is 12.7. The molecule has 1 aromatic rings. The minimum absolute atomic E-state index is 0.0169. The van der Waals surface area contributed by atoms with E-state index in [0.717, 1.165) is 6.42 Å². The molecular weight excluding hydrogens is 292 g/mol. The van der Waals surface area contributed by atoms with Gasteiger partial charge in [-0.1, -0.05) is 12.5 Å². The van der Waals surface area contributed by atoms with Gasteiger partial charge >= 0.3 is 0 Å². The van der Waals surface area contributed by atoms with E-state index in [1.54, 1.807) is 36.2 Å². The van der Waals surface area contributed by atoms with Crippen molar-refractivity contribution in [2.24, 2.45) is 0 Å². The molecule has 1 saturated heterocycles. The van der Waals surface area contributed by atoms with Crippen LogP contribution in [0.3, 0.4) is 0 Å². The van der Waals surface area contributed by atoms with Crippen molar-refractivity contribution in [3.63, 3.8) is 0 Å². The second-order valence-electron chi connectivity index (χ2n) is 5.30. The Balaban J connectivity index is 2.16. The predicted octanol–water partition coefficient (Wildman–Crippen LogP) is 1.70. The monoisotopic (exact) mass is 312 g/mol. The highest BCUT2D eigenvalue weighted by Gasteiger charge is 2.27. The molecule has 2 rings (SSSR count). The highest BCUT2D eigenvalue weighted by molar-refractivity contribution is 6.01.